The van der Waals surface area contributed by atoms with Crippen molar-refractivity contribution in [3.63, 3.8) is 0 Å². The van der Waals surface area contributed by atoms with Gasteiger partial charge in [0.2, 0.25) is 0 Å². The van der Waals surface area contributed by atoms with Crippen LogP contribution in [-0.2, 0) is 4.79 Å². The zero-order valence-corrected chi connectivity index (χ0v) is 22.1. The van der Waals surface area contributed by atoms with Gasteiger partial charge in [0.25, 0.3) is 0 Å². The summed E-state index contributed by atoms with van der Waals surface area (Å²) in [7, 11) is 0. The number of allylic oxidation sites excluding steroid dienone is 4. The minimum absolute atomic E-state index is 0.0152. The summed E-state index contributed by atoms with van der Waals surface area (Å²) in [6.45, 7) is 18.7. The van der Waals surface area contributed by atoms with Crippen LogP contribution in [0.1, 0.15) is 113 Å². The second-order valence-corrected chi connectivity index (χ2v) is 13.6. The van der Waals surface area contributed by atoms with Crippen LogP contribution in [0.4, 0.5) is 0 Å². The van der Waals surface area contributed by atoms with Crippen LogP contribution in [0.15, 0.2) is 22.8 Å². The Morgan fingerprint density at radius 1 is 1.09 bits per heavy atom. The van der Waals surface area contributed by atoms with E-state index in [1.54, 1.807) is 0 Å². The number of rotatable bonds is 4. The molecule has 0 aliphatic heterocycles. The van der Waals surface area contributed by atoms with Crippen LogP contribution in [-0.4, -0.2) is 17.0 Å². The first-order valence-corrected chi connectivity index (χ1v) is 13.4. The van der Waals surface area contributed by atoms with Crippen LogP contribution in [0.2, 0.25) is 0 Å². The topological polar surface area (TPSA) is 37.3 Å². The van der Waals surface area contributed by atoms with Crippen molar-refractivity contribution in [3.05, 3.63) is 22.8 Å². The Bertz CT molecular complexity index is 843. The molecule has 4 aliphatic carbocycles. The molecule has 2 heteroatoms. The fraction of sp³-hybridized carbons (Fsp3) is 0.833. The van der Waals surface area contributed by atoms with Gasteiger partial charge in [-0.2, -0.15) is 0 Å². The lowest BCUT2D eigenvalue weighted by atomic mass is 9.43. The van der Waals surface area contributed by atoms with Gasteiger partial charge < -0.3 is 5.11 Å². The quantitative estimate of drug-likeness (QED) is 0.456. The Kier molecular flexibility index (Phi) is 5.93. The number of aliphatic hydroxyl groups excluding tert-OH is 1. The molecule has 4 rings (SSSR count). The third-order valence-electron chi connectivity index (χ3n) is 11.5. The van der Waals surface area contributed by atoms with Crippen LogP contribution < -0.4 is 0 Å². The van der Waals surface area contributed by atoms with Gasteiger partial charge in [0.15, 0.2) is 5.78 Å². The number of hydrogen-bond acceptors (Lipinski definition) is 2. The fourth-order valence-corrected chi connectivity index (χ4v) is 9.14. The summed E-state index contributed by atoms with van der Waals surface area (Å²) in [5, 5.41) is 10.8. The molecule has 32 heavy (non-hydrogen) atoms. The third kappa shape index (κ3) is 3.25. The van der Waals surface area contributed by atoms with Crippen molar-refractivity contribution in [1.29, 1.82) is 0 Å². The van der Waals surface area contributed by atoms with Gasteiger partial charge in [-0.1, -0.05) is 58.8 Å². The summed E-state index contributed by atoms with van der Waals surface area (Å²) in [5.74, 6) is 2.08. The number of carbonyl (C=O) groups excluding carboxylic acids is 1. The number of hydrogen-bond donors (Lipinski definition) is 1. The van der Waals surface area contributed by atoms with Crippen LogP contribution in [0.3, 0.4) is 0 Å². The van der Waals surface area contributed by atoms with Crippen LogP contribution in [0.5, 0.6) is 0 Å². The van der Waals surface area contributed by atoms with Crippen molar-refractivity contribution < 1.29 is 9.90 Å². The minimum atomic E-state index is -0.294. The van der Waals surface area contributed by atoms with Gasteiger partial charge in [-0.05, 0) is 99.2 Å². The van der Waals surface area contributed by atoms with Gasteiger partial charge in [-0.3, -0.25) is 4.79 Å². The maximum absolute atomic E-state index is 13.9. The van der Waals surface area contributed by atoms with Crippen molar-refractivity contribution in [2.24, 2.45) is 39.4 Å². The van der Waals surface area contributed by atoms with Crippen molar-refractivity contribution in [1.82, 2.24) is 0 Å². The number of aliphatic hydroxyl groups is 1. The molecule has 0 aromatic carbocycles. The van der Waals surface area contributed by atoms with E-state index in [2.05, 4.69) is 61.5 Å². The molecule has 4 aliphatic rings. The van der Waals surface area contributed by atoms with E-state index in [1.807, 2.05) is 0 Å². The zero-order chi connectivity index (χ0) is 23.7. The summed E-state index contributed by atoms with van der Waals surface area (Å²) in [5.41, 5.74) is 4.28. The first-order valence-electron chi connectivity index (χ1n) is 13.4. The highest BCUT2D eigenvalue weighted by Gasteiger charge is 2.65. The predicted octanol–water partition coefficient (Wildman–Crippen LogP) is 7.66. The van der Waals surface area contributed by atoms with Gasteiger partial charge in [0.05, 0.1) is 6.10 Å². The van der Waals surface area contributed by atoms with Crippen LogP contribution in [0, 0.1) is 39.4 Å². The molecule has 2 fully saturated rings. The van der Waals surface area contributed by atoms with Gasteiger partial charge in [0, 0.05) is 17.4 Å². The third-order valence-corrected chi connectivity index (χ3v) is 11.5. The van der Waals surface area contributed by atoms with E-state index < -0.39 is 0 Å². The number of ketones is 1. The average molecular weight is 441 g/mol. The highest BCUT2D eigenvalue weighted by Crippen LogP contribution is 2.71. The maximum Gasteiger partial charge on any atom is 0.159 e. The molecule has 1 N–H and O–H groups in total. The lowest BCUT2D eigenvalue weighted by molar-refractivity contribution is -0.134. The average Bonchev–Trinajstić information content (AvgIpc) is 2.98. The number of fused-ring (bicyclic) bond motifs is 4. The molecule has 0 radical (unpaired) electrons. The van der Waals surface area contributed by atoms with Crippen molar-refractivity contribution >= 4 is 5.78 Å². The molecular weight excluding hydrogens is 392 g/mol. The lowest BCUT2D eigenvalue weighted by Gasteiger charge is -2.61. The molecule has 0 aromatic rings. The second kappa shape index (κ2) is 7.82. The maximum atomic E-state index is 13.9. The zero-order valence-electron chi connectivity index (χ0n) is 22.1. The van der Waals surface area contributed by atoms with Gasteiger partial charge in [0.1, 0.15) is 0 Å². The molecule has 7 atom stereocenters. The van der Waals surface area contributed by atoms with E-state index >= 15 is 0 Å². The van der Waals surface area contributed by atoms with Crippen molar-refractivity contribution in [3.8, 4) is 0 Å². The molecule has 0 unspecified atom stereocenters. The van der Waals surface area contributed by atoms with Gasteiger partial charge in [-0.15, -0.1) is 0 Å². The van der Waals surface area contributed by atoms with E-state index in [4.69, 9.17) is 0 Å². The Balaban J connectivity index is 1.70. The molecular formula is C30H48O2. The standard InChI is InChI=1S/C30H48O2/c1-19(2)10-9-11-20(3)21-12-17-30(8)26-22(13-16-29(21,30)7)28(6)15-14-25(32)27(4,5)24(28)18-23(26)31/h10,20-21,24-25,32H,9,11-18H2,1-8H3/t20-,21-,24+,25+,28-,29+,30-/m1/s1. The minimum Gasteiger partial charge on any atom is -0.393 e. The molecule has 0 spiro atoms. The number of carbonyl (C=O) groups is 1. The molecule has 0 bridgehead atoms. The molecule has 180 valence electrons. The Morgan fingerprint density at radius 2 is 1.78 bits per heavy atom. The van der Waals surface area contributed by atoms with Crippen molar-refractivity contribution in [2.45, 2.75) is 119 Å². The van der Waals surface area contributed by atoms with Crippen molar-refractivity contribution in [2.75, 3.05) is 0 Å². The highest BCUT2D eigenvalue weighted by molar-refractivity contribution is 5.99. The van der Waals surface area contributed by atoms with E-state index in [0.29, 0.717) is 24.0 Å². The number of Topliss-reactive ketones (excluding diaryl/α,β-unsaturated/α-hetero) is 1. The van der Waals surface area contributed by atoms with E-state index in [9.17, 15) is 9.90 Å². The summed E-state index contributed by atoms with van der Waals surface area (Å²) < 4.78 is 0. The van der Waals surface area contributed by atoms with Crippen LogP contribution in [0.25, 0.3) is 0 Å². The van der Waals surface area contributed by atoms with Gasteiger partial charge >= 0.3 is 0 Å². The Labute approximate surface area is 197 Å². The van der Waals surface area contributed by atoms with E-state index in [-0.39, 0.29) is 33.7 Å². The summed E-state index contributed by atoms with van der Waals surface area (Å²) in [6.07, 6.45) is 11.8. The first-order chi connectivity index (χ1) is 14.8. The highest BCUT2D eigenvalue weighted by atomic mass is 16.3. The normalized spacial score (nSPS) is 43.9. The largest absolute Gasteiger partial charge is 0.393 e. The monoisotopic (exact) mass is 440 g/mol. The first kappa shape index (κ1) is 24.2. The lowest BCUT2D eigenvalue weighted by Crippen LogP contribution is -2.57. The Morgan fingerprint density at radius 3 is 2.44 bits per heavy atom. The molecule has 2 saturated carbocycles. The molecule has 0 heterocycles. The summed E-state index contributed by atoms with van der Waals surface area (Å²) >= 11 is 0. The molecule has 0 amide bonds. The van der Waals surface area contributed by atoms with E-state index in [0.717, 1.165) is 19.3 Å². The molecule has 0 aromatic heterocycles. The second-order valence-electron chi connectivity index (χ2n) is 13.6. The smallest absolute Gasteiger partial charge is 0.159 e. The Hall–Kier alpha value is -0.890. The summed E-state index contributed by atoms with van der Waals surface area (Å²) in [4.78, 5) is 13.9. The fourth-order valence-electron chi connectivity index (χ4n) is 9.14. The van der Waals surface area contributed by atoms with Crippen LogP contribution >= 0.6 is 0 Å². The SMILES string of the molecule is CC(C)=CCC[C@@H](C)[C@H]1CC[C@]2(C)C3=C(CC[C@@]12C)[C@@]1(C)CC[C@H](O)C(C)(C)[C@@H]1CC3=O. The molecule has 0 saturated heterocycles. The summed E-state index contributed by atoms with van der Waals surface area (Å²) in [6, 6.07) is 0. The van der Waals surface area contributed by atoms with Gasteiger partial charge in [-0.25, -0.2) is 0 Å². The molecule has 2 nitrogen and oxygen atoms in total. The predicted molar refractivity (Wildman–Crippen MR) is 133 cm³/mol. The van der Waals surface area contributed by atoms with E-state index in [1.165, 1.54) is 48.8 Å².